The Morgan fingerprint density at radius 2 is 2.05 bits per heavy atom. The topological polar surface area (TPSA) is 69.4 Å². The average Bonchev–Trinajstić information content (AvgIpc) is 2.93. The van der Waals surface area contributed by atoms with E-state index in [0.29, 0.717) is 21.5 Å². The van der Waals surface area contributed by atoms with Crippen LogP contribution in [0, 0.1) is 0 Å². The van der Waals surface area contributed by atoms with Crippen molar-refractivity contribution in [3.8, 4) is 11.3 Å². The first kappa shape index (κ1) is 13.8. The SMILES string of the molecule is COC(=O)c1nc2nccc(-c3ccc(Cl)c(Cl)c3)n2n1. The predicted molar refractivity (Wildman–Crippen MR) is 77.6 cm³/mol. The third kappa shape index (κ3) is 2.43. The molecule has 0 fully saturated rings. The molecule has 0 aliphatic rings. The molecule has 1 aromatic carbocycles. The summed E-state index contributed by atoms with van der Waals surface area (Å²) < 4.78 is 6.05. The second-order valence-corrected chi connectivity index (χ2v) is 4.91. The number of ether oxygens (including phenoxy) is 1. The molecule has 0 radical (unpaired) electrons. The maximum absolute atomic E-state index is 11.5. The van der Waals surface area contributed by atoms with Gasteiger partial charge in [0.2, 0.25) is 0 Å². The molecule has 0 bridgehead atoms. The molecule has 0 unspecified atom stereocenters. The van der Waals surface area contributed by atoms with Crippen molar-refractivity contribution in [2.45, 2.75) is 0 Å². The molecule has 0 amide bonds. The summed E-state index contributed by atoms with van der Waals surface area (Å²) in [7, 11) is 1.27. The summed E-state index contributed by atoms with van der Waals surface area (Å²) >= 11 is 11.9. The summed E-state index contributed by atoms with van der Waals surface area (Å²) in [6.45, 7) is 0. The van der Waals surface area contributed by atoms with E-state index in [0.717, 1.165) is 5.56 Å². The summed E-state index contributed by atoms with van der Waals surface area (Å²) in [4.78, 5) is 19.6. The zero-order chi connectivity index (χ0) is 15.0. The van der Waals surface area contributed by atoms with Gasteiger partial charge in [-0.1, -0.05) is 29.3 Å². The highest BCUT2D eigenvalue weighted by Gasteiger charge is 2.16. The molecule has 0 saturated heterocycles. The van der Waals surface area contributed by atoms with Gasteiger partial charge in [-0.2, -0.15) is 9.50 Å². The highest BCUT2D eigenvalue weighted by atomic mass is 35.5. The van der Waals surface area contributed by atoms with Crippen LogP contribution in [-0.4, -0.2) is 32.7 Å². The van der Waals surface area contributed by atoms with Crippen molar-refractivity contribution in [1.82, 2.24) is 19.6 Å². The lowest BCUT2D eigenvalue weighted by Crippen LogP contribution is -2.04. The minimum Gasteiger partial charge on any atom is -0.463 e. The number of halogens is 2. The first-order valence-corrected chi connectivity index (χ1v) is 6.61. The second kappa shape index (κ2) is 5.31. The Hall–Kier alpha value is -2.18. The van der Waals surface area contributed by atoms with Crippen molar-refractivity contribution in [3.05, 3.63) is 46.3 Å². The average molecular weight is 323 g/mol. The molecule has 2 aromatic heterocycles. The van der Waals surface area contributed by atoms with Crippen LogP contribution in [0.5, 0.6) is 0 Å². The van der Waals surface area contributed by atoms with Gasteiger partial charge in [-0.3, -0.25) is 0 Å². The van der Waals surface area contributed by atoms with E-state index in [4.69, 9.17) is 23.2 Å². The van der Waals surface area contributed by atoms with Crippen molar-refractivity contribution in [2.75, 3.05) is 7.11 Å². The lowest BCUT2D eigenvalue weighted by molar-refractivity contribution is 0.0587. The van der Waals surface area contributed by atoms with Gasteiger partial charge in [-0.15, -0.1) is 5.10 Å². The monoisotopic (exact) mass is 322 g/mol. The fourth-order valence-electron chi connectivity index (χ4n) is 1.85. The van der Waals surface area contributed by atoms with Crippen LogP contribution in [0.15, 0.2) is 30.5 Å². The van der Waals surface area contributed by atoms with Gasteiger partial charge < -0.3 is 4.74 Å². The largest absolute Gasteiger partial charge is 0.463 e. The van der Waals surface area contributed by atoms with Crippen molar-refractivity contribution in [1.29, 1.82) is 0 Å². The van der Waals surface area contributed by atoms with Gasteiger partial charge in [0.05, 0.1) is 22.8 Å². The quantitative estimate of drug-likeness (QED) is 0.678. The zero-order valence-corrected chi connectivity index (χ0v) is 12.3. The molecular formula is C13H8Cl2N4O2. The van der Waals surface area contributed by atoms with Crippen LogP contribution in [0.3, 0.4) is 0 Å². The number of aromatic nitrogens is 4. The summed E-state index contributed by atoms with van der Waals surface area (Å²) in [6.07, 6.45) is 1.57. The summed E-state index contributed by atoms with van der Waals surface area (Å²) in [5, 5.41) is 4.99. The van der Waals surface area contributed by atoms with Gasteiger partial charge in [0.25, 0.3) is 11.6 Å². The number of esters is 1. The van der Waals surface area contributed by atoms with Crippen LogP contribution in [0.1, 0.15) is 10.6 Å². The van der Waals surface area contributed by atoms with Crippen molar-refractivity contribution < 1.29 is 9.53 Å². The van der Waals surface area contributed by atoms with Gasteiger partial charge in [0.1, 0.15) is 0 Å². The van der Waals surface area contributed by atoms with E-state index >= 15 is 0 Å². The summed E-state index contributed by atoms with van der Waals surface area (Å²) in [6, 6.07) is 6.92. The number of carbonyl (C=O) groups excluding carboxylic acids is 1. The minimum atomic E-state index is -0.624. The van der Waals surface area contributed by atoms with Crippen molar-refractivity contribution in [2.24, 2.45) is 0 Å². The zero-order valence-electron chi connectivity index (χ0n) is 10.7. The lowest BCUT2D eigenvalue weighted by Gasteiger charge is -2.04. The fourth-order valence-corrected chi connectivity index (χ4v) is 2.14. The van der Waals surface area contributed by atoms with Crippen LogP contribution in [-0.2, 0) is 4.74 Å². The van der Waals surface area contributed by atoms with Gasteiger partial charge in [0, 0.05) is 11.8 Å². The maximum atomic E-state index is 11.5. The van der Waals surface area contributed by atoms with E-state index in [2.05, 4.69) is 19.8 Å². The number of hydrogen-bond acceptors (Lipinski definition) is 5. The molecule has 0 spiro atoms. The molecule has 0 N–H and O–H groups in total. The molecule has 2 heterocycles. The molecule has 8 heteroatoms. The third-order valence-corrected chi connectivity index (χ3v) is 3.56. The van der Waals surface area contributed by atoms with Gasteiger partial charge in [-0.05, 0) is 18.2 Å². The normalized spacial score (nSPS) is 10.8. The van der Waals surface area contributed by atoms with E-state index in [1.54, 1.807) is 30.5 Å². The highest BCUT2D eigenvalue weighted by Crippen LogP contribution is 2.28. The van der Waals surface area contributed by atoms with Crippen LogP contribution in [0.25, 0.3) is 17.0 Å². The summed E-state index contributed by atoms with van der Waals surface area (Å²) in [5.41, 5.74) is 1.46. The molecule has 0 atom stereocenters. The Balaban J connectivity index is 2.20. The molecule has 21 heavy (non-hydrogen) atoms. The molecule has 6 nitrogen and oxygen atoms in total. The van der Waals surface area contributed by atoms with E-state index in [-0.39, 0.29) is 5.82 Å². The number of benzene rings is 1. The van der Waals surface area contributed by atoms with E-state index in [9.17, 15) is 4.79 Å². The Morgan fingerprint density at radius 3 is 2.76 bits per heavy atom. The van der Waals surface area contributed by atoms with Gasteiger partial charge >= 0.3 is 5.97 Å². The third-order valence-electron chi connectivity index (χ3n) is 2.82. The number of methoxy groups -OCH3 is 1. The molecular weight excluding hydrogens is 315 g/mol. The van der Waals surface area contributed by atoms with E-state index in [1.807, 2.05) is 0 Å². The highest BCUT2D eigenvalue weighted by molar-refractivity contribution is 6.42. The minimum absolute atomic E-state index is 0.0579. The fraction of sp³-hybridized carbons (Fsp3) is 0.0769. The Kier molecular flexibility index (Phi) is 3.48. The number of rotatable bonds is 2. The standard InChI is InChI=1S/C13H8Cl2N4O2/c1-21-12(20)11-17-13-16-5-4-10(19(13)18-11)7-2-3-8(14)9(15)6-7/h2-6H,1H3. The van der Waals surface area contributed by atoms with Crippen molar-refractivity contribution >= 4 is 34.9 Å². The first-order chi connectivity index (χ1) is 10.1. The Labute approximate surface area is 129 Å². The van der Waals surface area contributed by atoms with E-state index in [1.165, 1.54) is 11.6 Å². The number of hydrogen-bond donors (Lipinski definition) is 0. The molecule has 3 rings (SSSR count). The number of fused-ring (bicyclic) bond motifs is 1. The molecule has 0 aliphatic carbocycles. The van der Waals surface area contributed by atoms with Gasteiger partial charge in [-0.25, -0.2) is 9.78 Å². The molecule has 3 aromatic rings. The molecule has 0 saturated carbocycles. The second-order valence-electron chi connectivity index (χ2n) is 4.10. The van der Waals surface area contributed by atoms with Crippen LogP contribution >= 0.6 is 23.2 Å². The van der Waals surface area contributed by atoms with Crippen LogP contribution in [0.4, 0.5) is 0 Å². The molecule has 0 aliphatic heterocycles. The summed E-state index contributed by atoms with van der Waals surface area (Å²) in [5.74, 6) is -0.392. The number of carbonyl (C=O) groups is 1. The van der Waals surface area contributed by atoms with Crippen LogP contribution in [0.2, 0.25) is 10.0 Å². The van der Waals surface area contributed by atoms with Crippen LogP contribution < -0.4 is 0 Å². The molecule has 106 valence electrons. The van der Waals surface area contributed by atoms with Crippen molar-refractivity contribution in [3.63, 3.8) is 0 Å². The van der Waals surface area contributed by atoms with E-state index < -0.39 is 5.97 Å². The predicted octanol–water partition coefficient (Wildman–Crippen LogP) is 2.88. The smallest absolute Gasteiger partial charge is 0.378 e. The van der Waals surface area contributed by atoms with Gasteiger partial charge in [0.15, 0.2) is 0 Å². The Bertz CT molecular complexity index is 847. The Morgan fingerprint density at radius 1 is 1.24 bits per heavy atom. The first-order valence-electron chi connectivity index (χ1n) is 5.85. The lowest BCUT2D eigenvalue weighted by atomic mass is 10.1. The number of nitrogens with zero attached hydrogens (tertiary/aromatic N) is 4. The maximum Gasteiger partial charge on any atom is 0.378 e.